The first-order valence-electron chi connectivity index (χ1n) is 27.7. The number of carbonyl (C=O) groups is 3. The van der Waals surface area contributed by atoms with Gasteiger partial charge in [-0.1, -0.05) is 214 Å². The third-order valence-corrected chi connectivity index (χ3v) is 11.5. The molecule has 0 radical (unpaired) electrons. The molecule has 0 spiro atoms. The van der Waals surface area contributed by atoms with E-state index in [9.17, 15) is 14.4 Å². The average Bonchev–Trinajstić information content (AvgIpc) is 3.33. The van der Waals surface area contributed by atoms with Crippen LogP contribution in [-0.2, 0) is 28.6 Å². The van der Waals surface area contributed by atoms with Gasteiger partial charge in [0, 0.05) is 19.3 Å². The van der Waals surface area contributed by atoms with Gasteiger partial charge in [-0.2, -0.15) is 0 Å². The van der Waals surface area contributed by atoms with Crippen LogP contribution >= 0.6 is 0 Å². The summed E-state index contributed by atoms with van der Waals surface area (Å²) in [6.07, 6.45) is 72.5. The Hall–Kier alpha value is -3.67. The summed E-state index contributed by atoms with van der Waals surface area (Å²) < 4.78 is 16.8. The van der Waals surface area contributed by atoms with Crippen molar-refractivity contribution in [2.75, 3.05) is 13.2 Å². The van der Waals surface area contributed by atoms with Gasteiger partial charge in [-0.05, 0) is 116 Å². The summed E-state index contributed by atoms with van der Waals surface area (Å²) in [5.41, 5.74) is 0. The fourth-order valence-electron chi connectivity index (χ4n) is 7.38. The number of rotatable bonds is 49. The first-order chi connectivity index (χ1) is 33.0. The molecule has 1 atom stereocenters. The van der Waals surface area contributed by atoms with Crippen molar-refractivity contribution in [2.45, 2.75) is 258 Å². The van der Waals surface area contributed by atoms with Crippen LogP contribution in [0.25, 0.3) is 0 Å². The lowest BCUT2D eigenvalue weighted by Gasteiger charge is -2.18. The topological polar surface area (TPSA) is 78.9 Å². The zero-order chi connectivity index (χ0) is 48.6. The predicted octanol–water partition coefficient (Wildman–Crippen LogP) is 18.5. The van der Waals surface area contributed by atoms with Gasteiger partial charge in [-0.15, -0.1) is 0 Å². The van der Waals surface area contributed by atoms with Crippen LogP contribution in [0, 0.1) is 0 Å². The van der Waals surface area contributed by atoms with E-state index in [4.69, 9.17) is 14.2 Å². The van der Waals surface area contributed by atoms with Crippen LogP contribution in [0.15, 0.2) is 97.2 Å². The van der Waals surface area contributed by atoms with E-state index in [2.05, 4.69) is 118 Å². The minimum Gasteiger partial charge on any atom is -0.462 e. The second-order valence-electron chi connectivity index (χ2n) is 18.1. The van der Waals surface area contributed by atoms with Crippen LogP contribution in [0.3, 0.4) is 0 Å². The summed E-state index contributed by atoms with van der Waals surface area (Å²) in [4.78, 5) is 38.1. The van der Waals surface area contributed by atoms with Gasteiger partial charge in [-0.3, -0.25) is 14.4 Å². The summed E-state index contributed by atoms with van der Waals surface area (Å²) in [5.74, 6) is -0.985. The molecule has 0 bridgehead atoms. The molecular formula is C61H102O6. The Morgan fingerprint density at radius 2 is 0.597 bits per heavy atom. The van der Waals surface area contributed by atoms with E-state index in [0.717, 1.165) is 103 Å². The number of hydrogen-bond donors (Lipinski definition) is 0. The highest BCUT2D eigenvalue weighted by molar-refractivity contribution is 5.71. The van der Waals surface area contributed by atoms with Crippen LogP contribution in [0.1, 0.15) is 252 Å². The van der Waals surface area contributed by atoms with Gasteiger partial charge in [0.2, 0.25) is 0 Å². The fourth-order valence-corrected chi connectivity index (χ4v) is 7.38. The molecule has 382 valence electrons. The molecule has 0 amide bonds. The van der Waals surface area contributed by atoms with Crippen molar-refractivity contribution in [3.8, 4) is 0 Å². The Morgan fingerprint density at radius 1 is 0.313 bits per heavy atom. The quantitative estimate of drug-likeness (QED) is 0.0262. The van der Waals surface area contributed by atoms with E-state index in [1.54, 1.807) is 0 Å². The van der Waals surface area contributed by atoms with E-state index in [1.807, 2.05) is 0 Å². The normalized spacial score (nSPS) is 12.8. The second kappa shape index (κ2) is 54.9. The van der Waals surface area contributed by atoms with E-state index >= 15 is 0 Å². The number of ether oxygens (including phenoxy) is 3. The van der Waals surface area contributed by atoms with E-state index in [1.165, 1.54) is 103 Å². The monoisotopic (exact) mass is 931 g/mol. The molecule has 0 rings (SSSR count). The van der Waals surface area contributed by atoms with Crippen molar-refractivity contribution in [2.24, 2.45) is 0 Å². The second-order valence-corrected chi connectivity index (χ2v) is 18.1. The van der Waals surface area contributed by atoms with Gasteiger partial charge < -0.3 is 14.2 Å². The maximum absolute atomic E-state index is 12.8. The van der Waals surface area contributed by atoms with E-state index in [0.29, 0.717) is 19.3 Å². The third kappa shape index (κ3) is 53.2. The van der Waals surface area contributed by atoms with Gasteiger partial charge >= 0.3 is 17.9 Å². The molecule has 0 fully saturated rings. The van der Waals surface area contributed by atoms with E-state index in [-0.39, 0.29) is 37.5 Å². The maximum Gasteiger partial charge on any atom is 0.306 e. The van der Waals surface area contributed by atoms with Crippen LogP contribution in [0.2, 0.25) is 0 Å². The molecule has 6 nitrogen and oxygen atoms in total. The standard InChI is InChI=1S/C61H102O6/c1-4-7-10-13-16-19-22-25-28-30-33-36-39-42-45-48-51-54-60(63)66-57-58(56-65-59(62)53-50-47-44-41-38-35-32-27-24-21-18-15-12-9-6-3)67-61(64)55-52-49-46-43-40-37-34-31-29-26-23-20-17-14-11-8-5-2/h9,12,17-18,20-21,25-29,32,34,37,43,46,58H,4-8,10-11,13-16,19,22-24,30-31,33,35-36,38-42,44-45,47-57H2,1-3H3/b12-9-,20-17-,21-18-,28-25-,29-26-,32-27-,37-34-,46-43-/t58-/m1/s1. The zero-order valence-electron chi connectivity index (χ0n) is 43.6. The molecule has 6 heteroatoms. The summed E-state index contributed by atoms with van der Waals surface area (Å²) in [6.45, 7) is 6.43. The largest absolute Gasteiger partial charge is 0.462 e. The number of hydrogen-bond acceptors (Lipinski definition) is 6. The van der Waals surface area contributed by atoms with Gasteiger partial charge in [0.25, 0.3) is 0 Å². The summed E-state index contributed by atoms with van der Waals surface area (Å²) in [7, 11) is 0. The Labute approximate surface area is 413 Å². The number of allylic oxidation sites excluding steroid dienone is 16. The molecule has 0 N–H and O–H groups in total. The van der Waals surface area contributed by atoms with Gasteiger partial charge in [0.05, 0.1) is 0 Å². The lowest BCUT2D eigenvalue weighted by Crippen LogP contribution is -2.30. The molecule has 0 unspecified atom stereocenters. The van der Waals surface area contributed by atoms with Crippen molar-refractivity contribution in [1.29, 1.82) is 0 Å². The predicted molar refractivity (Wildman–Crippen MR) is 288 cm³/mol. The molecule has 0 heterocycles. The van der Waals surface area contributed by atoms with Crippen LogP contribution in [0.4, 0.5) is 0 Å². The van der Waals surface area contributed by atoms with Crippen LogP contribution in [-0.4, -0.2) is 37.2 Å². The van der Waals surface area contributed by atoms with Crippen molar-refractivity contribution in [1.82, 2.24) is 0 Å². The molecule has 0 aliphatic heterocycles. The Kier molecular flexibility index (Phi) is 51.9. The van der Waals surface area contributed by atoms with Gasteiger partial charge in [0.1, 0.15) is 13.2 Å². The molecule has 0 aliphatic rings. The Morgan fingerprint density at radius 3 is 1.00 bits per heavy atom. The SMILES string of the molecule is CC/C=C\C/C=C\C/C=C\CCCCCCCC(=O)OC[C@H](COC(=O)CCCCCCCCC/C=C\CCCCCCCC)OC(=O)CCC/C=C\C/C=C\C/C=C\C/C=C\CCCCC. The van der Waals surface area contributed by atoms with Gasteiger partial charge in [-0.25, -0.2) is 0 Å². The summed E-state index contributed by atoms with van der Waals surface area (Å²) in [5, 5.41) is 0. The molecule has 0 aromatic rings. The number of esters is 3. The highest BCUT2D eigenvalue weighted by Gasteiger charge is 2.19. The molecule has 0 aromatic heterocycles. The maximum atomic E-state index is 12.8. The van der Waals surface area contributed by atoms with Crippen LogP contribution in [0.5, 0.6) is 0 Å². The van der Waals surface area contributed by atoms with Gasteiger partial charge in [0.15, 0.2) is 6.10 Å². The lowest BCUT2D eigenvalue weighted by molar-refractivity contribution is -0.167. The average molecular weight is 931 g/mol. The smallest absolute Gasteiger partial charge is 0.306 e. The molecule has 0 saturated carbocycles. The molecular weight excluding hydrogens is 829 g/mol. The summed E-state index contributed by atoms with van der Waals surface area (Å²) in [6, 6.07) is 0. The highest BCUT2D eigenvalue weighted by Crippen LogP contribution is 2.14. The van der Waals surface area contributed by atoms with E-state index < -0.39 is 6.10 Å². The first-order valence-corrected chi connectivity index (χ1v) is 27.7. The van der Waals surface area contributed by atoms with Crippen molar-refractivity contribution in [3.05, 3.63) is 97.2 Å². The minimum absolute atomic E-state index is 0.108. The Bertz CT molecular complexity index is 1350. The number of unbranched alkanes of at least 4 members (excludes halogenated alkanes) is 22. The first kappa shape index (κ1) is 63.3. The summed E-state index contributed by atoms with van der Waals surface area (Å²) >= 11 is 0. The van der Waals surface area contributed by atoms with Crippen molar-refractivity contribution >= 4 is 17.9 Å². The van der Waals surface area contributed by atoms with Crippen molar-refractivity contribution < 1.29 is 28.6 Å². The molecule has 67 heavy (non-hydrogen) atoms. The minimum atomic E-state index is -0.816. The fraction of sp³-hybridized carbons (Fsp3) is 0.689. The third-order valence-electron chi connectivity index (χ3n) is 11.5. The lowest BCUT2D eigenvalue weighted by atomic mass is 10.1. The van der Waals surface area contributed by atoms with Crippen molar-refractivity contribution in [3.63, 3.8) is 0 Å². The van der Waals surface area contributed by atoms with Crippen LogP contribution < -0.4 is 0 Å². The number of carbonyl (C=O) groups excluding carboxylic acids is 3. The Balaban J connectivity index is 4.51. The molecule has 0 saturated heterocycles. The molecule has 0 aliphatic carbocycles. The highest BCUT2D eigenvalue weighted by atomic mass is 16.6. The zero-order valence-corrected chi connectivity index (χ0v) is 43.6. The molecule has 0 aromatic carbocycles.